The van der Waals surface area contributed by atoms with Gasteiger partial charge in [0.25, 0.3) is 0 Å². The summed E-state index contributed by atoms with van der Waals surface area (Å²) in [4.78, 5) is 24.6. The van der Waals surface area contributed by atoms with Crippen LogP contribution in [-0.4, -0.2) is 19.2 Å². The Kier molecular flexibility index (Phi) is 3.40. The van der Waals surface area contributed by atoms with Crippen LogP contribution in [0.1, 0.15) is 10.4 Å². The first-order valence-electron chi connectivity index (χ1n) is 3.64. The molecular formula is C9H6ClNO3. The van der Waals surface area contributed by atoms with Crippen molar-refractivity contribution in [3.63, 3.8) is 0 Å². The quantitative estimate of drug-likeness (QED) is 0.428. The second-order valence-electron chi connectivity index (χ2n) is 2.36. The Bertz CT molecular complexity index is 411. The van der Waals surface area contributed by atoms with Crippen LogP contribution in [0.2, 0.25) is 5.02 Å². The highest BCUT2D eigenvalue weighted by Crippen LogP contribution is 2.23. The summed E-state index contributed by atoms with van der Waals surface area (Å²) in [5.74, 6) is -0.596. The molecule has 0 saturated carbocycles. The van der Waals surface area contributed by atoms with Gasteiger partial charge in [0.05, 0.1) is 18.4 Å². The summed E-state index contributed by atoms with van der Waals surface area (Å²) < 4.78 is 4.49. The van der Waals surface area contributed by atoms with E-state index >= 15 is 0 Å². The monoisotopic (exact) mass is 211 g/mol. The fourth-order valence-electron chi connectivity index (χ4n) is 0.928. The van der Waals surface area contributed by atoms with E-state index in [1.165, 1.54) is 31.4 Å². The summed E-state index contributed by atoms with van der Waals surface area (Å²) in [5, 5.41) is 0.371. The number of isocyanates is 1. The van der Waals surface area contributed by atoms with Gasteiger partial charge in [-0.25, -0.2) is 9.59 Å². The highest BCUT2D eigenvalue weighted by Gasteiger charge is 2.11. The lowest BCUT2D eigenvalue weighted by molar-refractivity contribution is 0.0602. The molecule has 0 aliphatic carbocycles. The van der Waals surface area contributed by atoms with Crippen LogP contribution in [0.3, 0.4) is 0 Å². The van der Waals surface area contributed by atoms with Crippen molar-refractivity contribution in [2.24, 2.45) is 4.99 Å². The predicted octanol–water partition coefficient (Wildman–Crippen LogP) is 2.09. The summed E-state index contributed by atoms with van der Waals surface area (Å²) in [6.07, 6.45) is 1.35. The summed E-state index contributed by atoms with van der Waals surface area (Å²) in [6.45, 7) is 0. The van der Waals surface area contributed by atoms with Crippen LogP contribution in [0.4, 0.5) is 5.69 Å². The van der Waals surface area contributed by atoms with Crippen LogP contribution in [0.5, 0.6) is 0 Å². The van der Waals surface area contributed by atoms with Gasteiger partial charge in [0.15, 0.2) is 0 Å². The SMILES string of the molecule is COC(=O)c1cc(Cl)ccc1N=C=O. The average molecular weight is 212 g/mol. The number of hydrogen-bond acceptors (Lipinski definition) is 4. The largest absolute Gasteiger partial charge is 0.465 e. The zero-order valence-corrected chi connectivity index (χ0v) is 8.04. The number of carbonyl (C=O) groups is 1. The number of halogens is 1. The topological polar surface area (TPSA) is 55.7 Å². The number of methoxy groups -OCH3 is 1. The number of benzene rings is 1. The van der Waals surface area contributed by atoms with E-state index in [2.05, 4.69) is 9.73 Å². The molecule has 0 unspecified atom stereocenters. The van der Waals surface area contributed by atoms with Crippen LogP contribution >= 0.6 is 11.6 Å². The van der Waals surface area contributed by atoms with E-state index in [9.17, 15) is 9.59 Å². The molecule has 72 valence electrons. The molecule has 0 aliphatic heterocycles. The molecule has 0 aliphatic rings. The number of hydrogen-bond donors (Lipinski definition) is 0. The third-order valence-corrected chi connectivity index (χ3v) is 1.77. The van der Waals surface area contributed by atoms with Crippen molar-refractivity contribution >= 4 is 29.3 Å². The van der Waals surface area contributed by atoms with E-state index in [1.54, 1.807) is 0 Å². The second kappa shape index (κ2) is 4.56. The lowest BCUT2D eigenvalue weighted by atomic mass is 10.2. The van der Waals surface area contributed by atoms with E-state index in [1.807, 2.05) is 0 Å². The molecule has 0 saturated heterocycles. The zero-order valence-electron chi connectivity index (χ0n) is 7.28. The van der Waals surface area contributed by atoms with Crippen LogP contribution in [-0.2, 0) is 9.53 Å². The van der Waals surface area contributed by atoms with Crippen LogP contribution < -0.4 is 0 Å². The zero-order chi connectivity index (χ0) is 10.6. The van der Waals surface area contributed by atoms with Crippen molar-refractivity contribution in [2.75, 3.05) is 7.11 Å². The van der Waals surface area contributed by atoms with Crippen molar-refractivity contribution in [2.45, 2.75) is 0 Å². The summed E-state index contributed by atoms with van der Waals surface area (Å²) in [6, 6.07) is 4.34. The van der Waals surface area contributed by atoms with Gasteiger partial charge in [0.2, 0.25) is 6.08 Å². The van der Waals surface area contributed by atoms with Gasteiger partial charge in [-0.1, -0.05) is 11.6 Å². The minimum Gasteiger partial charge on any atom is -0.465 e. The van der Waals surface area contributed by atoms with Crippen LogP contribution in [0.15, 0.2) is 23.2 Å². The molecule has 0 spiro atoms. The number of nitrogens with zero attached hydrogens (tertiary/aromatic N) is 1. The number of carbonyl (C=O) groups excluding carboxylic acids is 2. The Morgan fingerprint density at radius 2 is 2.29 bits per heavy atom. The van der Waals surface area contributed by atoms with Crippen LogP contribution in [0, 0.1) is 0 Å². The average Bonchev–Trinajstić information content (AvgIpc) is 2.20. The third kappa shape index (κ3) is 2.19. The van der Waals surface area contributed by atoms with Crippen molar-refractivity contribution in [1.82, 2.24) is 0 Å². The highest BCUT2D eigenvalue weighted by molar-refractivity contribution is 6.31. The Hall–Kier alpha value is -1.64. The lowest BCUT2D eigenvalue weighted by Crippen LogP contribution is -2.01. The number of aliphatic imine (C=N–C) groups is 1. The first-order chi connectivity index (χ1) is 6.69. The highest BCUT2D eigenvalue weighted by atomic mass is 35.5. The molecule has 14 heavy (non-hydrogen) atoms. The third-order valence-electron chi connectivity index (χ3n) is 1.53. The first-order valence-corrected chi connectivity index (χ1v) is 4.02. The molecular weight excluding hydrogens is 206 g/mol. The molecule has 0 amide bonds. The maximum atomic E-state index is 11.2. The van der Waals surface area contributed by atoms with Crippen molar-refractivity contribution in [1.29, 1.82) is 0 Å². The molecule has 0 radical (unpaired) electrons. The maximum absolute atomic E-state index is 11.2. The molecule has 0 bridgehead atoms. The molecule has 0 heterocycles. The molecule has 1 aromatic carbocycles. The van der Waals surface area contributed by atoms with E-state index < -0.39 is 5.97 Å². The van der Waals surface area contributed by atoms with E-state index in [-0.39, 0.29) is 11.3 Å². The van der Waals surface area contributed by atoms with Gasteiger partial charge in [0.1, 0.15) is 0 Å². The van der Waals surface area contributed by atoms with Gasteiger partial charge in [-0.15, -0.1) is 0 Å². The second-order valence-corrected chi connectivity index (χ2v) is 2.79. The Morgan fingerprint density at radius 1 is 1.57 bits per heavy atom. The van der Waals surface area contributed by atoms with Crippen LogP contribution in [0.25, 0.3) is 0 Å². The number of rotatable bonds is 2. The van der Waals surface area contributed by atoms with E-state index in [0.717, 1.165) is 0 Å². The molecule has 4 nitrogen and oxygen atoms in total. The molecule has 0 atom stereocenters. The minimum atomic E-state index is -0.596. The lowest BCUT2D eigenvalue weighted by Gasteiger charge is -2.02. The van der Waals surface area contributed by atoms with Crippen molar-refractivity contribution in [3.8, 4) is 0 Å². The number of ether oxygens (including phenoxy) is 1. The molecule has 1 aromatic rings. The molecule has 1 rings (SSSR count). The summed E-state index contributed by atoms with van der Waals surface area (Å²) >= 11 is 5.67. The molecule has 0 aromatic heterocycles. The van der Waals surface area contributed by atoms with Gasteiger partial charge in [-0.3, -0.25) is 0 Å². The minimum absolute atomic E-state index is 0.142. The smallest absolute Gasteiger partial charge is 0.340 e. The van der Waals surface area contributed by atoms with E-state index in [0.29, 0.717) is 5.02 Å². The van der Waals surface area contributed by atoms with Gasteiger partial charge in [-0.2, -0.15) is 4.99 Å². The fourth-order valence-corrected chi connectivity index (χ4v) is 1.10. The Balaban J connectivity index is 3.28. The normalized spacial score (nSPS) is 9.00. The summed E-state index contributed by atoms with van der Waals surface area (Å²) in [7, 11) is 1.23. The molecule has 0 fully saturated rings. The molecule has 5 heteroatoms. The first kappa shape index (κ1) is 10.4. The van der Waals surface area contributed by atoms with Gasteiger partial charge < -0.3 is 4.74 Å². The Morgan fingerprint density at radius 3 is 2.86 bits per heavy atom. The molecule has 0 N–H and O–H groups in total. The standard InChI is InChI=1S/C9H6ClNO3/c1-14-9(13)7-4-6(10)2-3-8(7)11-5-12/h2-4H,1H3. The fraction of sp³-hybridized carbons (Fsp3) is 0.111. The summed E-state index contributed by atoms with van der Waals surface area (Å²) in [5.41, 5.74) is 0.333. The Labute approximate surface area is 85.2 Å². The van der Waals surface area contributed by atoms with Crippen molar-refractivity contribution < 1.29 is 14.3 Å². The number of esters is 1. The van der Waals surface area contributed by atoms with E-state index in [4.69, 9.17) is 11.6 Å². The van der Waals surface area contributed by atoms with Gasteiger partial charge in [0, 0.05) is 5.02 Å². The maximum Gasteiger partial charge on any atom is 0.340 e. The van der Waals surface area contributed by atoms with Gasteiger partial charge in [-0.05, 0) is 18.2 Å². The predicted molar refractivity (Wildman–Crippen MR) is 50.6 cm³/mol. The van der Waals surface area contributed by atoms with Gasteiger partial charge >= 0.3 is 5.97 Å². The van der Waals surface area contributed by atoms with Crippen molar-refractivity contribution in [3.05, 3.63) is 28.8 Å².